The number of nitriles is 1. The number of carbonyl (C=O) groups is 2. The Morgan fingerprint density at radius 2 is 2.10 bits per heavy atom. The van der Waals surface area contributed by atoms with Crippen molar-refractivity contribution < 1.29 is 14.3 Å². The summed E-state index contributed by atoms with van der Waals surface area (Å²) in [5.41, 5.74) is 0.856. The number of hydrogen-bond acceptors (Lipinski definition) is 4. The van der Waals surface area contributed by atoms with Crippen LogP contribution >= 0.6 is 0 Å². The van der Waals surface area contributed by atoms with Gasteiger partial charge in [-0.2, -0.15) is 5.26 Å². The van der Waals surface area contributed by atoms with Crippen molar-refractivity contribution >= 4 is 11.9 Å². The second-order valence-electron chi connectivity index (χ2n) is 4.10. The molecule has 20 heavy (non-hydrogen) atoms. The highest BCUT2D eigenvalue weighted by Gasteiger charge is 2.21. The third-order valence-electron chi connectivity index (χ3n) is 2.73. The summed E-state index contributed by atoms with van der Waals surface area (Å²) in [6.07, 6.45) is 2.69. The Morgan fingerprint density at radius 3 is 2.60 bits per heavy atom. The van der Waals surface area contributed by atoms with Crippen LogP contribution in [0.2, 0.25) is 0 Å². The van der Waals surface area contributed by atoms with Crippen LogP contribution in [0.5, 0.6) is 0 Å². The molecule has 0 heterocycles. The van der Waals surface area contributed by atoms with Gasteiger partial charge in [0.05, 0.1) is 18.7 Å². The minimum absolute atomic E-state index is 0.381. The zero-order chi connectivity index (χ0) is 15.0. The van der Waals surface area contributed by atoms with Crippen LogP contribution in [-0.2, 0) is 9.53 Å². The van der Waals surface area contributed by atoms with Crippen LogP contribution in [0.3, 0.4) is 0 Å². The number of amides is 1. The fourth-order valence-corrected chi connectivity index (χ4v) is 1.61. The van der Waals surface area contributed by atoms with Gasteiger partial charge in [-0.25, -0.2) is 4.79 Å². The molecule has 1 aromatic carbocycles. The summed E-state index contributed by atoms with van der Waals surface area (Å²) in [7, 11) is 1.27. The first-order valence-corrected chi connectivity index (χ1v) is 6.12. The summed E-state index contributed by atoms with van der Waals surface area (Å²) in [5, 5.41) is 11.3. The normalized spacial score (nSPS) is 11.0. The first-order valence-electron chi connectivity index (χ1n) is 6.12. The maximum absolute atomic E-state index is 12.0. The molecule has 0 unspecified atom stereocenters. The van der Waals surface area contributed by atoms with Crippen molar-refractivity contribution in [3.8, 4) is 6.07 Å². The molecule has 0 spiro atoms. The smallest absolute Gasteiger partial charge is 0.328 e. The van der Waals surface area contributed by atoms with Gasteiger partial charge >= 0.3 is 5.97 Å². The first-order chi connectivity index (χ1) is 9.62. The highest BCUT2D eigenvalue weighted by Crippen LogP contribution is 2.06. The van der Waals surface area contributed by atoms with Gasteiger partial charge in [0.15, 0.2) is 0 Å². The van der Waals surface area contributed by atoms with Crippen molar-refractivity contribution in [3.05, 3.63) is 48.0 Å². The average Bonchev–Trinajstić information content (AvgIpc) is 2.50. The predicted molar refractivity (Wildman–Crippen MR) is 73.9 cm³/mol. The number of ether oxygens (including phenoxy) is 1. The molecule has 104 valence electrons. The van der Waals surface area contributed by atoms with Crippen molar-refractivity contribution in [2.75, 3.05) is 7.11 Å². The maximum atomic E-state index is 12.0. The van der Waals surface area contributed by atoms with E-state index in [1.54, 1.807) is 18.2 Å². The summed E-state index contributed by atoms with van der Waals surface area (Å²) in [5.74, 6) is -0.872. The van der Waals surface area contributed by atoms with Gasteiger partial charge in [0.25, 0.3) is 5.91 Å². The van der Waals surface area contributed by atoms with E-state index in [4.69, 9.17) is 5.26 Å². The monoisotopic (exact) mass is 272 g/mol. The number of hydrogen-bond donors (Lipinski definition) is 1. The lowest BCUT2D eigenvalue weighted by Gasteiger charge is -2.15. The number of esters is 1. The molecule has 0 aliphatic carbocycles. The maximum Gasteiger partial charge on any atom is 0.328 e. The Morgan fingerprint density at radius 1 is 1.45 bits per heavy atom. The SMILES string of the molecule is C=CCC[C@@H](NC(=O)c1ccc(C#N)cc1)C(=O)OC. The highest BCUT2D eigenvalue weighted by atomic mass is 16.5. The molecule has 0 saturated heterocycles. The Bertz CT molecular complexity index is 529. The number of allylic oxidation sites excluding steroid dienone is 1. The predicted octanol–water partition coefficient (Wildman–Crippen LogP) is 1.80. The van der Waals surface area contributed by atoms with Gasteiger partial charge in [-0.1, -0.05) is 6.08 Å². The molecule has 1 rings (SSSR count). The highest BCUT2D eigenvalue weighted by molar-refractivity contribution is 5.96. The van der Waals surface area contributed by atoms with Crippen LogP contribution in [-0.4, -0.2) is 25.0 Å². The fourth-order valence-electron chi connectivity index (χ4n) is 1.61. The molecule has 5 nitrogen and oxygen atoms in total. The molecule has 1 atom stereocenters. The van der Waals surface area contributed by atoms with E-state index in [1.165, 1.54) is 19.2 Å². The molecule has 0 aliphatic rings. The average molecular weight is 272 g/mol. The summed E-state index contributed by atoms with van der Waals surface area (Å²) in [6.45, 7) is 3.58. The summed E-state index contributed by atoms with van der Waals surface area (Å²) >= 11 is 0. The van der Waals surface area contributed by atoms with Crippen molar-refractivity contribution in [3.63, 3.8) is 0 Å². The van der Waals surface area contributed by atoms with Crippen LogP contribution < -0.4 is 5.32 Å². The molecule has 0 bridgehead atoms. The van der Waals surface area contributed by atoms with Gasteiger partial charge in [0.2, 0.25) is 0 Å². The minimum atomic E-state index is -0.707. The number of methoxy groups -OCH3 is 1. The molecule has 5 heteroatoms. The molecule has 1 aromatic rings. The van der Waals surface area contributed by atoms with Crippen LogP contribution in [0.25, 0.3) is 0 Å². The van der Waals surface area contributed by atoms with Crippen molar-refractivity contribution in [1.29, 1.82) is 5.26 Å². The molecule has 0 aromatic heterocycles. The number of rotatable bonds is 6. The summed E-state index contributed by atoms with van der Waals surface area (Å²) in [4.78, 5) is 23.6. The Hall–Kier alpha value is -2.61. The number of nitrogens with one attached hydrogen (secondary N) is 1. The van der Waals surface area contributed by atoms with E-state index < -0.39 is 12.0 Å². The second kappa shape index (κ2) is 7.74. The molecule has 0 aliphatic heterocycles. The zero-order valence-electron chi connectivity index (χ0n) is 11.3. The van der Waals surface area contributed by atoms with Crippen LogP contribution in [0.15, 0.2) is 36.9 Å². The van der Waals surface area contributed by atoms with Gasteiger partial charge in [-0.3, -0.25) is 4.79 Å². The molecule has 0 radical (unpaired) electrons. The molecule has 1 amide bonds. The van der Waals surface area contributed by atoms with Crippen molar-refractivity contribution in [1.82, 2.24) is 5.32 Å². The van der Waals surface area contributed by atoms with E-state index in [-0.39, 0.29) is 5.91 Å². The van der Waals surface area contributed by atoms with Gasteiger partial charge in [-0.05, 0) is 37.1 Å². The van der Waals surface area contributed by atoms with Gasteiger partial charge in [-0.15, -0.1) is 6.58 Å². The number of carbonyl (C=O) groups excluding carboxylic acids is 2. The molecule has 0 saturated carbocycles. The lowest BCUT2D eigenvalue weighted by Crippen LogP contribution is -2.41. The second-order valence-corrected chi connectivity index (χ2v) is 4.10. The molecular formula is C15H16N2O3. The largest absolute Gasteiger partial charge is 0.467 e. The Kier molecular flexibility index (Phi) is 5.98. The third-order valence-corrected chi connectivity index (χ3v) is 2.73. The standard InChI is InChI=1S/C15H16N2O3/c1-3-4-5-13(15(19)20-2)17-14(18)12-8-6-11(10-16)7-9-12/h3,6-9,13H,1,4-5H2,2H3,(H,17,18)/t13-/m1/s1. The number of nitrogens with zero attached hydrogens (tertiary/aromatic N) is 1. The van der Waals surface area contributed by atoms with Gasteiger partial charge in [0, 0.05) is 5.56 Å². The lowest BCUT2D eigenvalue weighted by atomic mass is 10.1. The fraction of sp³-hybridized carbons (Fsp3) is 0.267. The molecule has 0 fully saturated rings. The number of benzene rings is 1. The van der Waals surface area contributed by atoms with Gasteiger partial charge < -0.3 is 10.1 Å². The minimum Gasteiger partial charge on any atom is -0.467 e. The lowest BCUT2D eigenvalue weighted by molar-refractivity contribution is -0.143. The van der Waals surface area contributed by atoms with Gasteiger partial charge in [0.1, 0.15) is 6.04 Å². The third kappa shape index (κ3) is 4.25. The van der Waals surface area contributed by atoms with Crippen LogP contribution in [0.4, 0.5) is 0 Å². The van der Waals surface area contributed by atoms with E-state index in [1.807, 2.05) is 6.07 Å². The topological polar surface area (TPSA) is 79.2 Å². The summed E-state index contributed by atoms with van der Waals surface area (Å²) in [6, 6.07) is 7.43. The Balaban J connectivity index is 2.76. The van der Waals surface area contributed by atoms with E-state index >= 15 is 0 Å². The van der Waals surface area contributed by atoms with E-state index in [2.05, 4.69) is 16.6 Å². The van der Waals surface area contributed by atoms with E-state index in [9.17, 15) is 9.59 Å². The van der Waals surface area contributed by atoms with E-state index in [0.717, 1.165) is 0 Å². The van der Waals surface area contributed by atoms with E-state index in [0.29, 0.717) is 24.0 Å². The quantitative estimate of drug-likeness (QED) is 0.632. The summed E-state index contributed by atoms with van der Waals surface area (Å²) < 4.78 is 4.65. The zero-order valence-corrected chi connectivity index (χ0v) is 11.3. The van der Waals surface area contributed by atoms with Crippen molar-refractivity contribution in [2.45, 2.75) is 18.9 Å². The first kappa shape index (κ1) is 15.4. The van der Waals surface area contributed by atoms with Crippen LogP contribution in [0.1, 0.15) is 28.8 Å². The molecule has 1 N–H and O–H groups in total. The Labute approximate surface area is 117 Å². The van der Waals surface area contributed by atoms with Crippen LogP contribution in [0, 0.1) is 11.3 Å². The molecular weight excluding hydrogens is 256 g/mol. The van der Waals surface area contributed by atoms with Crippen molar-refractivity contribution in [2.24, 2.45) is 0 Å².